The first-order valence-electron chi connectivity index (χ1n) is 9.56. The van der Waals surface area contributed by atoms with Gasteiger partial charge in [-0.15, -0.1) is 0 Å². The largest absolute Gasteiger partial charge is 0.497 e. The highest BCUT2D eigenvalue weighted by molar-refractivity contribution is 5.95. The van der Waals surface area contributed by atoms with Gasteiger partial charge in [-0.1, -0.05) is 0 Å². The van der Waals surface area contributed by atoms with Crippen LogP contribution >= 0.6 is 0 Å². The molecule has 0 spiro atoms. The van der Waals surface area contributed by atoms with Gasteiger partial charge in [0.2, 0.25) is 5.91 Å². The highest BCUT2D eigenvalue weighted by Crippen LogP contribution is 2.24. The van der Waals surface area contributed by atoms with Gasteiger partial charge in [0, 0.05) is 49.8 Å². The lowest BCUT2D eigenvalue weighted by atomic mass is 9.92. The lowest BCUT2D eigenvalue weighted by Crippen LogP contribution is -2.53. The zero-order chi connectivity index (χ0) is 19.4. The summed E-state index contributed by atoms with van der Waals surface area (Å²) in [6, 6.07) is 5.57. The number of nitrogens with one attached hydrogen (secondary N) is 1. The van der Waals surface area contributed by atoms with E-state index in [2.05, 4.69) is 12.2 Å². The van der Waals surface area contributed by atoms with Crippen LogP contribution in [-0.2, 0) is 4.79 Å². The Hall–Kier alpha value is -2.28. The first kappa shape index (κ1) is 19.5. The first-order valence-corrected chi connectivity index (χ1v) is 9.56. The minimum absolute atomic E-state index is 0.0604. The third-order valence-electron chi connectivity index (χ3n) is 5.45. The third-order valence-corrected chi connectivity index (χ3v) is 5.45. The van der Waals surface area contributed by atoms with E-state index in [0.717, 1.165) is 19.4 Å². The molecule has 7 nitrogen and oxygen atoms in total. The van der Waals surface area contributed by atoms with Gasteiger partial charge in [-0.05, 0) is 38.4 Å². The maximum absolute atomic E-state index is 12.9. The summed E-state index contributed by atoms with van der Waals surface area (Å²) in [6.45, 7) is 5.29. The van der Waals surface area contributed by atoms with Crippen molar-refractivity contribution in [1.82, 2.24) is 15.1 Å². The number of hydrogen-bond acceptors (Lipinski definition) is 5. The van der Waals surface area contributed by atoms with Crippen molar-refractivity contribution in [1.29, 1.82) is 0 Å². The van der Waals surface area contributed by atoms with Crippen LogP contribution in [0.4, 0.5) is 0 Å². The Labute approximate surface area is 160 Å². The summed E-state index contributed by atoms with van der Waals surface area (Å²) in [5.41, 5.74) is 0.540. The molecule has 1 aromatic rings. The summed E-state index contributed by atoms with van der Waals surface area (Å²) in [5, 5.41) is 3.38. The van der Waals surface area contributed by atoms with Crippen LogP contribution in [0.25, 0.3) is 0 Å². The predicted molar refractivity (Wildman–Crippen MR) is 102 cm³/mol. The molecule has 3 rings (SSSR count). The number of ether oxygens (including phenoxy) is 2. The average Bonchev–Trinajstić information content (AvgIpc) is 2.72. The van der Waals surface area contributed by atoms with Gasteiger partial charge in [-0.3, -0.25) is 9.59 Å². The summed E-state index contributed by atoms with van der Waals surface area (Å²) in [5.74, 6) is 1.46. The number of carbonyl (C=O) groups excluding carboxylic acids is 2. The van der Waals surface area contributed by atoms with Gasteiger partial charge >= 0.3 is 0 Å². The molecule has 2 amide bonds. The lowest BCUT2D eigenvalue weighted by molar-refractivity contribution is -0.138. The van der Waals surface area contributed by atoms with E-state index in [-0.39, 0.29) is 17.7 Å². The van der Waals surface area contributed by atoms with Crippen molar-refractivity contribution in [2.45, 2.75) is 25.8 Å². The summed E-state index contributed by atoms with van der Waals surface area (Å²) in [6.07, 6.45) is 1.79. The second-order valence-electron chi connectivity index (χ2n) is 7.30. The van der Waals surface area contributed by atoms with E-state index in [1.165, 1.54) is 0 Å². The summed E-state index contributed by atoms with van der Waals surface area (Å²) >= 11 is 0. The Morgan fingerprint density at radius 3 is 2.15 bits per heavy atom. The maximum atomic E-state index is 12.9. The molecule has 1 aromatic carbocycles. The van der Waals surface area contributed by atoms with Crippen LogP contribution in [0.15, 0.2) is 18.2 Å². The molecule has 2 aliphatic heterocycles. The number of rotatable bonds is 4. The van der Waals surface area contributed by atoms with E-state index in [1.807, 2.05) is 4.90 Å². The van der Waals surface area contributed by atoms with Gasteiger partial charge in [0.25, 0.3) is 5.91 Å². The molecule has 0 bridgehead atoms. The molecule has 2 fully saturated rings. The summed E-state index contributed by atoms with van der Waals surface area (Å²) in [7, 11) is 3.13. The molecule has 148 valence electrons. The topological polar surface area (TPSA) is 71.1 Å². The van der Waals surface area contributed by atoms with Gasteiger partial charge in [-0.25, -0.2) is 0 Å². The van der Waals surface area contributed by atoms with E-state index < -0.39 is 0 Å². The Kier molecular flexibility index (Phi) is 6.21. The maximum Gasteiger partial charge on any atom is 0.254 e. The number of hydrogen-bond donors (Lipinski definition) is 1. The molecular weight excluding hydrogens is 346 g/mol. The Bertz CT molecular complexity index is 664. The third kappa shape index (κ3) is 4.53. The number of piperidine rings is 1. The molecule has 0 aliphatic carbocycles. The fraction of sp³-hybridized carbons (Fsp3) is 0.600. The molecule has 0 saturated carbocycles. The normalized spacial score (nSPS) is 23.1. The molecule has 2 heterocycles. The Morgan fingerprint density at radius 2 is 1.59 bits per heavy atom. The van der Waals surface area contributed by atoms with Crippen LogP contribution in [0.1, 0.15) is 30.1 Å². The van der Waals surface area contributed by atoms with E-state index in [0.29, 0.717) is 49.3 Å². The fourth-order valence-corrected chi connectivity index (χ4v) is 3.86. The van der Waals surface area contributed by atoms with Crippen molar-refractivity contribution < 1.29 is 19.1 Å². The number of methoxy groups -OCH3 is 2. The molecule has 0 aromatic heterocycles. The van der Waals surface area contributed by atoms with Crippen molar-refractivity contribution >= 4 is 11.8 Å². The van der Waals surface area contributed by atoms with Gasteiger partial charge in [-0.2, -0.15) is 0 Å². The predicted octanol–water partition coefficient (Wildman–Crippen LogP) is 1.38. The van der Waals surface area contributed by atoms with Crippen molar-refractivity contribution in [2.24, 2.45) is 5.92 Å². The second kappa shape index (κ2) is 8.61. The van der Waals surface area contributed by atoms with Crippen molar-refractivity contribution in [3.63, 3.8) is 0 Å². The summed E-state index contributed by atoms with van der Waals surface area (Å²) in [4.78, 5) is 29.3. The first-order chi connectivity index (χ1) is 13.0. The minimum Gasteiger partial charge on any atom is -0.497 e. The standard InChI is InChI=1S/C20H29N3O4/c1-14-10-15(4-5-21-14)19(24)22-6-8-23(9-7-22)20(25)16-11-17(26-2)13-18(12-16)27-3/h11-15,21H,4-10H2,1-3H3/t14-,15-/m0/s1. The van der Waals surface area contributed by atoms with E-state index >= 15 is 0 Å². The monoisotopic (exact) mass is 375 g/mol. The molecule has 1 N–H and O–H groups in total. The number of carbonyl (C=O) groups is 2. The Balaban J connectivity index is 1.60. The van der Waals surface area contributed by atoms with Crippen LogP contribution in [-0.4, -0.2) is 74.6 Å². The van der Waals surface area contributed by atoms with Crippen molar-refractivity contribution in [3.05, 3.63) is 23.8 Å². The van der Waals surface area contributed by atoms with E-state index in [1.54, 1.807) is 37.3 Å². The van der Waals surface area contributed by atoms with Gasteiger partial charge in [0.15, 0.2) is 0 Å². The van der Waals surface area contributed by atoms with Crippen LogP contribution in [0.3, 0.4) is 0 Å². The highest BCUT2D eigenvalue weighted by Gasteiger charge is 2.31. The molecule has 27 heavy (non-hydrogen) atoms. The van der Waals surface area contributed by atoms with Crippen molar-refractivity contribution in [3.8, 4) is 11.5 Å². The van der Waals surface area contributed by atoms with E-state index in [4.69, 9.17) is 9.47 Å². The minimum atomic E-state index is -0.0604. The van der Waals surface area contributed by atoms with E-state index in [9.17, 15) is 9.59 Å². The highest BCUT2D eigenvalue weighted by atomic mass is 16.5. The van der Waals surface area contributed by atoms with Gasteiger partial charge in [0.1, 0.15) is 11.5 Å². The molecule has 7 heteroatoms. The molecule has 2 saturated heterocycles. The second-order valence-corrected chi connectivity index (χ2v) is 7.30. The molecule has 2 atom stereocenters. The SMILES string of the molecule is COc1cc(OC)cc(C(=O)N2CCN(C(=O)[C@H]3CCN[C@@H](C)C3)CC2)c1. The van der Waals surface area contributed by atoms with Crippen LogP contribution in [0.5, 0.6) is 11.5 Å². The van der Waals surface area contributed by atoms with Crippen molar-refractivity contribution in [2.75, 3.05) is 46.9 Å². The number of nitrogens with zero attached hydrogens (tertiary/aromatic N) is 2. The van der Waals surface area contributed by atoms with Crippen LogP contribution < -0.4 is 14.8 Å². The zero-order valence-electron chi connectivity index (χ0n) is 16.4. The van der Waals surface area contributed by atoms with Gasteiger partial charge in [0.05, 0.1) is 14.2 Å². The number of piperazine rings is 1. The van der Waals surface area contributed by atoms with Crippen LogP contribution in [0, 0.1) is 5.92 Å². The van der Waals surface area contributed by atoms with Gasteiger partial charge < -0.3 is 24.6 Å². The molecule has 0 unspecified atom stereocenters. The number of benzene rings is 1. The zero-order valence-corrected chi connectivity index (χ0v) is 16.4. The molecule has 0 radical (unpaired) electrons. The van der Waals surface area contributed by atoms with Crippen LogP contribution in [0.2, 0.25) is 0 Å². The summed E-state index contributed by atoms with van der Waals surface area (Å²) < 4.78 is 10.5. The smallest absolute Gasteiger partial charge is 0.254 e. The molecule has 2 aliphatic rings. The Morgan fingerprint density at radius 1 is 1.00 bits per heavy atom. The lowest BCUT2D eigenvalue weighted by Gasteiger charge is -2.38. The number of amides is 2. The quantitative estimate of drug-likeness (QED) is 0.861. The molecular formula is C20H29N3O4. The average molecular weight is 375 g/mol. The fourth-order valence-electron chi connectivity index (χ4n) is 3.86.